The zero-order valence-corrected chi connectivity index (χ0v) is 8.80. The molecule has 0 saturated heterocycles. The zero-order valence-electron chi connectivity index (χ0n) is 8.80. The van der Waals surface area contributed by atoms with Crippen molar-refractivity contribution in [3.8, 4) is 11.5 Å². The Hall–Kier alpha value is -1.32. The third-order valence-electron chi connectivity index (χ3n) is 2.00. The lowest BCUT2D eigenvalue weighted by Gasteiger charge is -2.11. The van der Waals surface area contributed by atoms with Crippen molar-refractivity contribution in [1.82, 2.24) is 0 Å². The molecule has 2 nitrogen and oxygen atoms in total. The van der Waals surface area contributed by atoms with Gasteiger partial charge in [0.05, 0.1) is 7.11 Å². The molecule has 15 heavy (non-hydrogen) atoms. The molecule has 0 aromatic heterocycles. The molecule has 4 heteroatoms. The van der Waals surface area contributed by atoms with Crippen molar-refractivity contribution in [3.05, 3.63) is 23.8 Å². The van der Waals surface area contributed by atoms with E-state index in [4.69, 9.17) is 9.47 Å². The second-order valence-corrected chi connectivity index (χ2v) is 3.04. The minimum Gasteiger partial charge on any atom is -0.493 e. The third kappa shape index (κ3) is 3.38. The highest BCUT2D eigenvalue weighted by molar-refractivity contribution is 5.42. The van der Waals surface area contributed by atoms with E-state index in [2.05, 4.69) is 0 Å². The highest BCUT2D eigenvalue weighted by Crippen LogP contribution is 2.28. The molecular formula is C11H14F2O2. The van der Waals surface area contributed by atoms with Gasteiger partial charge in [0.15, 0.2) is 11.5 Å². The van der Waals surface area contributed by atoms with Gasteiger partial charge in [-0.1, -0.05) is 13.0 Å². The van der Waals surface area contributed by atoms with E-state index in [1.165, 1.54) is 7.11 Å². The van der Waals surface area contributed by atoms with Crippen LogP contribution in [0.1, 0.15) is 12.5 Å². The number of hydrogen-bond acceptors (Lipinski definition) is 2. The lowest BCUT2D eigenvalue weighted by Crippen LogP contribution is -2.07. The van der Waals surface area contributed by atoms with Crippen LogP contribution in [-0.4, -0.2) is 20.1 Å². The molecule has 0 aliphatic heterocycles. The molecule has 0 aliphatic carbocycles. The zero-order chi connectivity index (χ0) is 11.3. The number of halogens is 2. The Kier molecular flexibility index (Phi) is 4.34. The van der Waals surface area contributed by atoms with Crippen LogP contribution in [0, 0.1) is 0 Å². The van der Waals surface area contributed by atoms with Crippen molar-refractivity contribution in [1.29, 1.82) is 0 Å². The highest BCUT2D eigenvalue weighted by atomic mass is 19.3. The Balaban J connectivity index is 2.78. The van der Waals surface area contributed by atoms with E-state index in [-0.39, 0.29) is 0 Å². The van der Waals surface area contributed by atoms with Gasteiger partial charge in [-0.25, -0.2) is 8.78 Å². The van der Waals surface area contributed by atoms with Crippen LogP contribution in [0.25, 0.3) is 0 Å². The van der Waals surface area contributed by atoms with Crippen molar-refractivity contribution in [2.45, 2.75) is 19.8 Å². The summed E-state index contributed by atoms with van der Waals surface area (Å²) < 4.78 is 33.8. The summed E-state index contributed by atoms with van der Waals surface area (Å²) in [5.41, 5.74) is 1.08. The first-order valence-electron chi connectivity index (χ1n) is 4.75. The summed E-state index contributed by atoms with van der Waals surface area (Å²) in [5, 5.41) is 0. The molecule has 0 heterocycles. The van der Waals surface area contributed by atoms with Gasteiger partial charge in [0, 0.05) is 0 Å². The average Bonchev–Trinajstić information content (AvgIpc) is 2.25. The van der Waals surface area contributed by atoms with Crippen LogP contribution in [-0.2, 0) is 6.42 Å². The monoisotopic (exact) mass is 216 g/mol. The quantitative estimate of drug-likeness (QED) is 0.753. The Morgan fingerprint density at radius 3 is 2.53 bits per heavy atom. The van der Waals surface area contributed by atoms with Crippen molar-refractivity contribution in [2.24, 2.45) is 0 Å². The number of alkyl halides is 2. The van der Waals surface area contributed by atoms with Crippen LogP contribution < -0.4 is 9.47 Å². The summed E-state index contributed by atoms with van der Waals surface area (Å²) >= 11 is 0. The minimum absolute atomic E-state index is 0.356. The van der Waals surface area contributed by atoms with E-state index in [1.807, 2.05) is 13.0 Å². The second kappa shape index (κ2) is 5.53. The van der Waals surface area contributed by atoms with E-state index in [1.54, 1.807) is 12.1 Å². The molecule has 0 spiro atoms. The predicted molar refractivity (Wildman–Crippen MR) is 53.9 cm³/mol. The van der Waals surface area contributed by atoms with Crippen LogP contribution >= 0.6 is 0 Å². The van der Waals surface area contributed by atoms with Gasteiger partial charge in [-0.05, 0) is 24.1 Å². The highest BCUT2D eigenvalue weighted by Gasteiger charge is 2.08. The van der Waals surface area contributed by atoms with Crippen molar-refractivity contribution < 1.29 is 18.3 Å². The van der Waals surface area contributed by atoms with Crippen molar-refractivity contribution in [3.63, 3.8) is 0 Å². The fourth-order valence-electron chi connectivity index (χ4n) is 1.20. The van der Waals surface area contributed by atoms with Gasteiger partial charge >= 0.3 is 0 Å². The normalized spacial score (nSPS) is 10.5. The second-order valence-electron chi connectivity index (χ2n) is 3.04. The lowest BCUT2D eigenvalue weighted by atomic mass is 10.1. The molecule has 0 atom stereocenters. The predicted octanol–water partition coefficient (Wildman–Crippen LogP) is 2.90. The van der Waals surface area contributed by atoms with Gasteiger partial charge < -0.3 is 9.47 Å². The first-order valence-corrected chi connectivity index (χ1v) is 4.75. The third-order valence-corrected chi connectivity index (χ3v) is 2.00. The number of aryl methyl sites for hydroxylation is 1. The Labute approximate surface area is 87.8 Å². The van der Waals surface area contributed by atoms with E-state index >= 15 is 0 Å². The fraction of sp³-hybridized carbons (Fsp3) is 0.455. The number of benzene rings is 1. The maximum Gasteiger partial charge on any atom is 0.272 e. The summed E-state index contributed by atoms with van der Waals surface area (Å²) in [4.78, 5) is 0. The minimum atomic E-state index is -2.47. The summed E-state index contributed by atoms with van der Waals surface area (Å²) in [6, 6.07) is 5.28. The first-order chi connectivity index (χ1) is 7.17. The molecule has 84 valence electrons. The molecule has 0 aliphatic rings. The lowest BCUT2D eigenvalue weighted by molar-refractivity contribution is 0.0804. The van der Waals surface area contributed by atoms with Crippen LogP contribution in [0.15, 0.2) is 18.2 Å². The summed E-state index contributed by atoms with van der Waals surface area (Å²) in [7, 11) is 1.49. The summed E-state index contributed by atoms with van der Waals surface area (Å²) in [5.74, 6) is 0.852. The maximum atomic E-state index is 11.9. The molecule has 0 saturated carbocycles. The Morgan fingerprint density at radius 2 is 2.00 bits per heavy atom. The van der Waals surface area contributed by atoms with Crippen LogP contribution in [0.5, 0.6) is 11.5 Å². The number of hydrogen-bond donors (Lipinski definition) is 0. The number of rotatable bonds is 5. The smallest absolute Gasteiger partial charge is 0.272 e. The van der Waals surface area contributed by atoms with Gasteiger partial charge in [-0.3, -0.25) is 0 Å². The molecule has 0 N–H and O–H groups in total. The molecule has 0 radical (unpaired) electrons. The van der Waals surface area contributed by atoms with E-state index in [0.717, 1.165) is 12.0 Å². The maximum absolute atomic E-state index is 11.9. The van der Waals surface area contributed by atoms with Crippen molar-refractivity contribution in [2.75, 3.05) is 13.7 Å². The number of ether oxygens (including phenoxy) is 2. The van der Waals surface area contributed by atoms with Crippen molar-refractivity contribution >= 4 is 0 Å². The Morgan fingerprint density at radius 1 is 1.27 bits per heavy atom. The fourth-order valence-corrected chi connectivity index (χ4v) is 1.20. The molecule has 0 fully saturated rings. The molecule has 0 amide bonds. The van der Waals surface area contributed by atoms with Crippen LogP contribution in [0.2, 0.25) is 0 Å². The average molecular weight is 216 g/mol. The van der Waals surface area contributed by atoms with Gasteiger partial charge in [0.25, 0.3) is 6.43 Å². The SMILES string of the molecule is CCc1ccc(OCC(F)F)c(OC)c1. The van der Waals surface area contributed by atoms with E-state index in [9.17, 15) is 8.78 Å². The Bertz CT molecular complexity index is 313. The van der Waals surface area contributed by atoms with Gasteiger partial charge in [-0.15, -0.1) is 0 Å². The van der Waals surface area contributed by atoms with E-state index in [0.29, 0.717) is 11.5 Å². The molecule has 0 bridgehead atoms. The van der Waals surface area contributed by atoms with Crippen LogP contribution in [0.3, 0.4) is 0 Å². The standard InChI is InChI=1S/C11H14F2O2/c1-3-8-4-5-9(10(6-8)14-2)15-7-11(12)13/h4-6,11H,3,7H2,1-2H3. The van der Waals surface area contributed by atoms with Gasteiger partial charge in [-0.2, -0.15) is 0 Å². The molecule has 0 unspecified atom stereocenters. The topological polar surface area (TPSA) is 18.5 Å². The largest absolute Gasteiger partial charge is 0.493 e. The molecular weight excluding hydrogens is 202 g/mol. The molecule has 1 rings (SSSR count). The summed E-state index contributed by atoms with van der Waals surface area (Å²) in [6.45, 7) is 1.40. The molecule has 1 aromatic carbocycles. The van der Waals surface area contributed by atoms with Crippen LogP contribution in [0.4, 0.5) is 8.78 Å². The number of methoxy groups -OCH3 is 1. The van der Waals surface area contributed by atoms with Gasteiger partial charge in [0.1, 0.15) is 6.61 Å². The summed E-state index contributed by atoms with van der Waals surface area (Å²) in [6.07, 6.45) is -1.61. The molecule has 1 aromatic rings. The first kappa shape index (κ1) is 11.8. The van der Waals surface area contributed by atoms with Gasteiger partial charge in [0.2, 0.25) is 0 Å². The van der Waals surface area contributed by atoms with E-state index < -0.39 is 13.0 Å².